The standard InChI is InChI=1S/C13H16BrClN2O2/c1-19-5-4-17-12(18)7-11(16)13(17)9-6-8(15)2-3-10(9)14/h2-3,6,11,13H,4-5,7,16H2,1H3. The smallest absolute Gasteiger partial charge is 0.224 e. The highest BCUT2D eigenvalue weighted by Crippen LogP contribution is 2.37. The number of ether oxygens (including phenoxy) is 1. The number of nitrogens with two attached hydrogens (primary N) is 1. The summed E-state index contributed by atoms with van der Waals surface area (Å²) in [6, 6.07) is 5.16. The summed E-state index contributed by atoms with van der Waals surface area (Å²) in [5, 5.41) is 0.636. The molecule has 2 N–H and O–H groups in total. The Hall–Kier alpha value is -0.620. The van der Waals surface area contributed by atoms with Gasteiger partial charge in [-0.05, 0) is 23.8 Å². The Bertz CT molecular complexity index is 484. The van der Waals surface area contributed by atoms with E-state index < -0.39 is 0 Å². The number of carbonyl (C=O) groups excluding carboxylic acids is 1. The highest BCUT2D eigenvalue weighted by Gasteiger charge is 2.39. The van der Waals surface area contributed by atoms with Crippen molar-refractivity contribution in [2.75, 3.05) is 20.3 Å². The van der Waals surface area contributed by atoms with Gasteiger partial charge >= 0.3 is 0 Å². The van der Waals surface area contributed by atoms with Gasteiger partial charge in [-0.2, -0.15) is 0 Å². The summed E-state index contributed by atoms with van der Waals surface area (Å²) < 4.78 is 5.96. The fourth-order valence-corrected chi connectivity index (χ4v) is 3.07. The predicted molar refractivity (Wildman–Crippen MR) is 78.1 cm³/mol. The minimum Gasteiger partial charge on any atom is -0.383 e. The average molecular weight is 348 g/mol. The fraction of sp³-hybridized carbons (Fsp3) is 0.462. The van der Waals surface area contributed by atoms with Crippen LogP contribution < -0.4 is 5.73 Å². The SMILES string of the molecule is COCCN1C(=O)CC(N)C1c1cc(Cl)ccc1Br. The zero-order chi connectivity index (χ0) is 14.0. The van der Waals surface area contributed by atoms with Crippen LogP contribution in [0.5, 0.6) is 0 Å². The van der Waals surface area contributed by atoms with Gasteiger partial charge in [-0.3, -0.25) is 4.79 Å². The Labute approximate surface area is 126 Å². The van der Waals surface area contributed by atoms with Crippen molar-refractivity contribution in [1.29, 1.82) is 0 Å². The first-order valence-corrected chi connectivity index (χ1v) is 7.20. The average Bonchev–Trinajstić information content (AvgIpc) is 2.64. The van der Waals surface area contributed by atoms with Crippen LogP contribution in [0.1, 0.15) is 18.0 Å². The van der Waals surface area contributed by atoms with E-state index in [2.05, 4.69) is 15.9 Å². The monoisotopic (exact) mass is 346 g/mol. The molecule has 6 heteroatoms. The molecule has 4 nitrogen and oxygen atoms in total. The van der Waals surface area contributed by atoms with E-state index >= 15 is 0 Å². The minimum absolute atomic E-state index is 0.0569. The highest BCUT2D eigenvalue weighted by atomic mass is 79.9. The number of carbonyl (C=O) groups is 1. The second kappa shape index (κ2) is 6.22. The molecule has 0 aromatic heterocycles. The van der Waals surface area contributed by atoms with E-state index in [0.29, 0.717) is 24.6 Å². The lowest BCUT2D eigenvalue weighted by Gasteiger charge is -2.28. The molecule has 1 aromatic rings. The molecule has 0 bridgehead atoms. The van der Waals surface area contributed by atoms with Gasteiger partial charge < -0.3 is 15.4 Å². The first-order chi connectivity index (χ1) is 9.04. The van der Waals surface area contributed by atoms with E-state index in [1.165, 1.54) is 0 Å². The second-order valence-corrected chi connectivity index (χ2v) is 5.85. The first kappa shape index (κ1) is 14.8. The fourth-order valence-electron chi connectivity index (χ4n) is 2.41. The lowest BCUT2D eigenvalue weighted by Crippen LogP contribution is -2.35. The minimum atomic E-state index is -0.223. The Morgan fingerprint density at radius 3 is 3.00 bits per heavy atom. The summed E-state index contributed by atoms with van der Waals surface area (Å²) in [7, 11) is 1.62. The molecule has 1 aromatic carbocycles. The molecular formula is C13H16BrClN2O2. The van der Waals surface area contributed by atoms with Crippen molar-refractivity contribution >= 4 is 33.4 Å². The third-order valence-electron chi connectivity index (χ3n) is 3.29. The van der Waals surface area contributed by atoms with Crippen LogP contribution in [-0.2, 0) is 9.53 Å². The number of rotatable bonds is 4. The molecular weight excluding hydrogens is 332 g/mol. The maximum Gasteiger partial charge on any atom is 0.224 e. The Morgan fingerprint density at radius 2 is 2.32 bits per heavy atom. The summed E-state index contributed by atoms with van der Waals surface area (Å²) in [6.07, 6.45) is 0.354. The van der Waals surface area contributed by atoms with Crippen molar-refractivity contribution in [2.24, 2.45) is 5.73 Å². The lowest BCUT2D eigenvalue weighted by atomic mass is 10.0. The van der Waals surface area contributed by atoms with Crippen molar-refractivity contribution in [3.05, 3.63) is 33.3 Å². The largest absolute Gasteiger partial charge is 0.383 e. The molecule has 0 aliphatic carbocycles. The van der Waals surface area contributed by atoms with Crippen molar-refractivity contribution in [3.63, 3.8) is 0 Å². The maximum absolute atomic E-state index is 12.0. The van der Waals surface area contributed by atoms with Gasteiger partial charge in [-0.1, -0.05) is 27.5 Å². The number of hydrogen-bond acceptors (Lipinski definition) is 3. The number of halogens is 2. The number of amides is 1. The second-order valence-electron chi connectivity index (χ2n) is 4.56. The summed E-state index contributed by atoms with van der Waals surface area (Å²) in [4.78, 5) is 13.8. The molecule has 0 radical (unpaired) electrons. The molecule has 0 spiro atoms. The van der Waals surface area contributed by atoms with Crippen molar-refractivity contribution < 1.29 is 9.53 Å². The van der Waals surface area contributed by atoms with Crippen molar-refractivity contribution in [2.45, 2.75) is 18.5 Å². The lowest BCUT2D eigenvalue weighted by molar-refractivity contribution is -0.129. The molecule has 1 fully saturated rings. The summed E-state index contributed by atoms with van der Waals surface area (Å²) >= 11 is 9.54. The van der Waals surface area contributed by atoms with Crippen LogP contribution in [0.25, 0.3) is 0 Å². The molecule has 1 amide bonds. The van der Waals surface area contributed by atoms with E-state index in [-0.39, 0.29) is 18.0 Å². The number of nitrogens with zero attached hydrogens (tertiary/aromatic N) is 1. The van der Waals surface area contributed by atoms with Gasteiger partial charge in [-0.25, -0.2) is 0 Å². The zero-order valence-electron chi connectivity index (χ0n) is 10.6. The summed E-state index contributed by atoms with van der Waals surface area (Å²) in [5.41, 5.74) is 7.06. The number of methoxy groups -OCH3 is 1. The number of hydrogen-bond donors (Lipinski definition) is 1. The van der Waals surface area contributed by atoms with Crippen LogP contribution in [0.15, 0.2) is 22.7 Å². The summed E-state index contributed by atoms with van der Waals surface area (Å²) in [5.74, 6) is 0.0569. The molecule has 1 heterocycles. The van der Waals surface area contributed by atoms with Crippen LogP contribution in [0.3, 0.4) is 0 Å². The molecule has 2 atom stereocenters. The quantitative estimate of drug-likeness (QED) is 0.909. The van der Waals surface area contributed by atoms with Gasteiger partial charge in [-0.15, -0.1) is 0 Å². The van der Waals surface area contributed by atoms with Gasteiger partial charge in [0.2, 0.25) is 5.91 Å². The molecule has 2 unspecified atom stereocenters. The van der Waals surface area contributed by atoms with E-state index in [1.807, 2.05) is 12.1 Å². The Balaban J connectivity index is 2.33. The highest BCUT2D eigenvalue weighted by molar-refractivity contribution is 9.10. The van der Waals surface area contributed by atoms with Crippen LogP contribution >= 0.6 is 27.5 Å². The van der Waals surface area contributed by atoms with E-state index in [9.17, 15) is 4.79 Å². The first-order valence-electron chi connectivity index (χ1n) is 6.03. The van der Waals surface area contributed by atoms with E-state index in [4.69, 9.17) is 22.1 Å². The normalized spacial score (nSPS) is 23.2. The molecule has 19 heavy (non-hydrogen) atoms. The van der Waals surface area contributed by atoms with Crippen molar-refractivity contribution in [1.82, 2.24) is 4.90 Å². The van der Waals surface area contributed by atoms with Gasteiger partial charge in [0.05, 0.1) is 12.6 Å². The summed E-state index contributed by atoms with van der Waals surface area (Å²) in [6.45, 7) is 1.03. The zero-order valence-corrected chi connectivity index (χ0v) is 12.9. The third kappa shape index (κ3) is 3.11. The molecule has 0 saturated carbocycles. The molecule has 1 saturated heterocycles. The molecule has 104 valence electrons. The van der Waals surface area contributed by atoms with E-state index in [0.717, 1.165) is 10.0 Å². The molecule has 2 rings (SSSR count). The van der Waals surface area contributed by atoms with Crippen LogP contribution in [0.4, 0.5) is 0 Å². The van der Waals surface area contributed by atoms with Gasteiger partial charge in [0, 0.05) is 35.6 Å². The molecule has 1 aliphatic heterocycles. The van der Waals surface area contributed by atoms with Gasteiger partial charge in [0.15, 0.2) is 0 Å². The van der Waals surface area contributed by atoms with Crippen LogP contribution in [0, 0.1) is 0 Å². The Kier molecular flexibility index (Phi) is 4.84. The van der Waals surface area contributed by atoms with Crippen LogP contribution in [0.2, 0.25) is 5.02 Å². The maximum atomic E-state index is 12.0. The topological polar surface area (TPSA) is 55.6 Å². The number of benzene rings is 1. The van der Waals surface area contributed by atoms with E-state index in [1.54, 1.807) is 18.1 Å². The Morgan fingerprint density at radius 1 is 1.58 bits per heavy atom. The number of likely N-dealkylation sites (tertiary alicyclic amines) is 1. The van der Waals surface area contributed by atoms with Gasteiger partial charge in [0.25, 0.3) is 0 Å². The van der Waals surface area contributed by atoms with Crippen LogP contribution in [-0.4, -0.2) is 37.1 Å². The molecule has 1 aliphatic rings. The van der Waals surface area contributed by atoms with Gasteiger partial charge in [0.1, 0.15) is 0 Å². The third-order valence-corrected chi connectivity index (χ3v) is 4.24. The van der Waals surface area contributed by atoms with Crippen molar-refractivity contribution in [3.8, 4) is 0 Å². The predicted octanol–water partition coefficient (Wildman–Crippen LogP) is 2.35.